The number of hydrogen-bond donors (Lipinski definition) is 5. The monoisotopic (exact) mass is 332 g/mol. The second-order valence-corrected chi connectivity index (χ2v) is 4.74. The number of nitrogens with one attached hydrogen (secondary N) is 2. The Morgan fingerprint density at radius 2 is 1.33 bits per heavy atom. The molecule has 0 aliphatic heterocycles. The van der Waals surface area contributed by atoms with Crippen molar-refractivity contribution in [3.8, 4) is 0 Å². The van der Waals surface area contributed by atoms with Crippen LogP contribution in [0.1, 0.15) is 11.6 Å². The van der Waals surface area contributed by atoms with E-state index in [2.05, 4.69) is 10.2 Å². The van der Waals surface area contributed by atoms with Gasteiger partial charge in [-0.1, -0.05) is 23.5 Å². The molecule has 1 aromatic heterocycles. The molecule has 104 valence electrons. The number of nitrogens with two attached hydrogens (primary N) is 3. The molecule has 0 aliphatic rings. The molecule has 0 spiro atoms. The lowest BCUT2D eigenvalue weighted by Crippen LogP contribution is -2.17. The van der Waals surface area contributed by atoms with E-state index >= 15 is 0 Å². The van der Waals surface area contributed by atoms with Crippen molar-refractivity contribution in [2.75, 3.05) is 5.84 Å². The number of amidine groups is 2. The van der Waals surface area contributed by atoms with Gasteiger partial charge < -0.3 is 17.3 Å². The predicted molar refractivity (Wildman–Crippen MR) is 81.1 cm³/mol. The number of aromatic nitrogens is 3. The smallest absolute Gasteiger partial charge is 0.162 e. The lowest BCUT2D eigenvalue weighted by molar-refractivity contribution is 0.876. The summed E-state index contributed by atoms with van der Waals surface area (Å²) < 4.78 is 1.33. The summed E-state index contributed by atoms with van der Waals surface area (Å²) in [5, 5.41) is 21.8. The molecule has 0 aromatic carbocycles. The van der Waals surface area contributed by atoms with Gasteiger partial charge in [-0.2, -0.15) is 0 Å². The van der Waals surface area contributed by atoms with Gasteiger partial charge in [-0.25, -0.2) is 4.68 Å². The van der Waals surface area contributed by atoms with Gasteiger partial charge in [-0.15, -0.1) is 35.0 Å². The van der Waals surface area contributed by atoms with Gasteiger partial charge in [0.1, 0.15) is 0 Å². The molecule has 18 heavy (non-hydrogen) atoms. The molecule has 8 nitrogen and oxygen atoms in total. The minimum atomic E-state index is 0. The first-order chi connectivity index (χ1) is 7.50. The van der Waals surface area contributed by atoms with Crippen molar-refractivity contribution in [3.05, 3.63) is 11.6 Å². The minimum Gasteiger partial charge on any atom is -0.379 e. The Hall–Kier alpha value is -0.840. The van der Waals surface area contributed by atoms with Crippen molar-refractivity contribution in [3.63, 3.8) is 0 Å². The Balaban J connectivity index is 0. The van der Waals surface area contributed by atoms with Crippen LogP contribution < -0.4 is 17.3 Å². The number of halogens is 2. The maximum Gasteiger partial charge on any atom is 0.162 e. The fraction of sp³-hybridized carbons (Fsp3) is 0.333. The number of thioether (sulfide) groups is 2. The molecule has 0 amide bonds. The van der Waals surface area contributed by atoms with Gasteiger partial charge in [0.2, 0.25) is 0 Å². The SMILES string of the molecule is Cl.Cl.N=C(N)SCc1nnc(CSC(=N)N)n1N. The van der Waals surface area contributed by atoms with Crippen LogP contribution >= 0.6 is 48.3 Å². The van der Waals surface area contributed by atoms with E-state index in [1.165, 1.54) is 4.68 Å². The van der Waals surface area contributed by atoms with Crippen LogP contribution in [-0.4, -0.2) is 25.2 Å². The maximum atomic E-state index is 7.05. The number of hydrogen-bond acceptors (Lipinski definition) is 7. The Morgan fingerprint density at radius 1 is 1.00 bits per heavy atom. The van der Waals surface area contributed by atoms with Crippen LogP contribution in [0.5, 0.6) is 0 Å². The third-order valence-corrected chi connectivity index (χ3v) is 2.98. The predicted octanol–water partition coefficient (Wildman–Crippen LogP) is 0.0888. The molecule has 0 radical (unpaired) electrons. The maximum absolute atomic E-state index is 7.05. The second-order valence-electron chi connectivity index (χ2n) is 2.71. The molecule has 0 fully saturated rings. The van der Waals surface area contributed by atoms with Crippen LogP contribution in [-0.2, 0) is 11.5 Å². The summed E-state index contributed by atoms with van der Waals surface area (Å²) in [5.41, 5.74) is 10.4. The largest absolute Gasteiger partial charge is 0.379 e. The molecule has 8 N–H and O–H groups in total. The van der Waals surface area contributed by atoms with E-state index in [1.807, 2.05) is 0 Å². The average Bonchev–Trinajstić information content (AvgIpc) is 2.53. The zero-order valence-corrected chi connectivity index (χ0v) is 12.4. The van der Waals surface area contributed by atoms with Crippen molar-refractivity contribution < 1.29 is 0 Å². The van der Waals surface area contributed by atoms with Crippen LogP contribution in [0.4, 0.5) is 0 Å². The molecule has 1 aromatic rings. The summed E-state index contributed by atoms with van der Waals surface area (Å²) in [6.45, 7) is 0. The Kier molecular flexibility index (Phi) is 9.90. The summed E-state index contributed by atoms with van der Waals surface area (Å²) in [6.07, 6.45) is 0. The third-order valence-electron chi connectivity index (χ3n) is 1.55. The molecule has 0 saturated heterocycles. The molecular formula is C6H14Cl2N8S2. The van der Waals surface area contributed by atoms with E-state index in [4.69, 9.17) is 28.1 Å². The Bertz CT molecular complexity index is 373. The van der Waals surface area contributed by atoms with Crippen LogP contribution in [0.2, 0.25) is 0 Å². The third kappa shape index (κ3) is 6.19. The van der Waals surface area contributed by atoms with Crippen LogP contribution in [0, 0.1) is 10.8 Å². The van der Waals surface area contributed by atoms with Gasteiger partial charge >= 0.3 is 0 Å². The zero-order valence-electron chi connectivity index (χ0n) is 9.12. The Morgan fingerprint density at radius 3 is 1.61 bits per heavy atom. The average molecular weight is 333 g/mol. The fourth-order valence-electron chi connectivity index (χ4n) is 0.842. The van der Waals surface area contributed by atoms with Crippen molar-refractivity contribution in [1.82, 2.24) is 14.9 Å². The second kappa shape index (κ2) is 9.14. The first-order valence-corrected chi connectivity index (χ1v) is 6.09. The molecule has 1 rings (SSSR count). The highest BCUT2D eigenvalue weighted by atomic mass is 35.5. The van der Waals surface area contributed by atoms with E-state index in [0.29, 0.717) is 23.2 Å². The molecule has 0 saturated carbocycles. The molecule has 0 bridgehead atoms. The molecular weight excluding hydrogens is 319 g/mol. The first-order valence-electron chi connectivity index (χ1n) is 4.12. The fourth-order valence-corrected chi connectivity index (χ4v) is 1.81. The molecule has 1 heterocycles. The summed E-state index contributed by atoms with van der Waals surface area (Å²) in [5.74, 6) is 7.56. The number of nitrogens with zero attached hydrogens (tertiary/aromatic N) is 3. The highest BCUT2D eigenvalue weighted by Gasteiger charge is 2.10. The van der Waals surface area contributed by atoms with Crippen LogP contribution in [0.15, 0.2) is 0 Å². The Labute approximate surface area is 125 Å². The van der Waals surface area contributed by atoms with Gasteiger partial charge in [-0.3, -0.25) is 10.8 Å². The molecule has 12 heteroatoms. The molecule has 0 aliphatic carbocycles. The van der Waals surface area contributed by atoms with Crippen LogP contribution in [0.3, 0.4) is 0 Å². The van der Waals surface area contributed by atoms with E-state index in [9.17, 15) is 0 Å². The number of rotatable bonds is 4. The van der Waals surface area contributed by atoms with Gasteiger partial charge in [-0.05, 0) is 0 Å². The van der Waals surface area contributed by atoms with Crippen molar-refractivity contribution >= 4 is 58.7 Å². The summed E-state index contributed by atoms with van der Waals surface area (Å²) in [4.78, 5) is 0. The van der Waals surface area contributed by atoms with E-state index in [-0.39, 0.29) is 35.1 Å². The highest BCUT2D eigenvalue weighted by Crippen LogP contribution is 2.12. The van der Waals surface area contributed by atoms with Crippen molar-refractivity contribution in [1.29, 1.82) is 10.8 Å². The zero-order chi connectivity index (χ0) is 12.1. The van der Waals surface area contributed by atoms with Crippen molar-refractivity contribution in [2.24, 2.45) is 11.5 Å². The van der Waals surface area contributed by atoms with Crippen LogP contribution in [0.25, 0.3) is 0 Å². The van der Waals surface area contributed by atoms with Gasteiger partial charge in [0.05, 0.1) is 11.5 Å². The lowest BCUT2D eigenvalue weighted by atomic mass is 10.7. The summed E-state index contributed by atoms with van der Waals surface area (Å²) >= 11 is 2.24. The van der Waals surface area contributed by atoms with E-state index in [1.54, 1.807) is 0 Å². The van der Waals surface area contributed by atoms with Gasteiger partial charge in [0.25, 0.3) is 0 Å². The van der Waals surface area contributed by atoms with Gasteiger partial charge in [0, 0.05) is 0 Å². The molecule has 0 unspecified atom stereocenters. The van der Waals surface area contributed by atoms with Crippen molar-refractivity contribution in [2.45, 2.75) is 11.5 Å². The molecule has 0 atom stereocenters. The topological polar surface area (TPSA) is 156 Å². The van der Waals surface area contributed by atoms with Gasteiger partial charge in [0.15, 0.2) is 22.0 Å². The summed E-state index contributed by atoms with van der Waals surface area (Å²) in [7, 11) is 0. The minimum absolute atomic E-state index is 0. The first kappa shape index (κ1) is 19.5. The number of nitrogen functional groups attached to an aromatic ring is 1. The van der Waals surface area contributed by atoms with E-state index < -0.39 is 0 Å². The standard InChI is InChI=1S/C6H12N8S2.2ClH/c7-5(8)15-1-3-12-13-4(14(3)11)2-16-6(9)10;;/h1-2,11H2,(H3,7,8)(H3,9,10);2*1H. The quantitative estimate of drug-likeness (QED) is 0.297. The van der Waals surface area contributed by atoms with E-state index in [0.717, 1.165) is 23.5 Å². The lowest BCUT2D eigenvalue weighted by Gasteiger charge is -2.02. The highest BCUT2D eigenvalue weighted by molar-refractivity contribution is 8.13. The normalized spacial score (nSPS) is 9.11. The summed E-state index contributed by atoms with van der Waals surface area (Å²) in [6, 6.07) is 0.